The van der Waals surface area contributed by atoms with Crippen molar-refractivity contribution in [2.45, 2.75) is 19.4 Å². The zero-order chi connectivity index (χ0) is 14.9. The molecule has 1 aromatic carbocycles. The molecule has 0 radical (unpaired) electrons. The molecule has 2 aromatic heterocycles. The van der Waals surface area contributed by atoms with Gasteiger partial charge in [0.1, 0.15) is 10.8 Å². The van der Waals surface area contributed by atoms with Gasteiger partial charge in [-0.15, -0.1) is 11.3 Å². The van der Waals surface area contributed by atoms with Gasteiger partial charge in [0.2, 0.25) is 5.95 Å². The molecule has 0 atom stereocenters. The minimum absolute atomic E-state index is 0.336. The lowest BCUT2D eigenvalue weighted by Gasteiger charge is -2.25. The van der Waals surface area contributed by atoms with E-state index in [1.54, 1.807) is 17.5 Å². The number of thiazole rings is 1. The van der Waals surface area contributed by atoms with Crippen LogP contribution in [0.4, 0.5) is 11.8 Å². The first-order valence-electron chi connectivity index (χ1n) is 6.52. The van der Waals surface area contributed by atoms with Gasteiger partial charge in [-0.3, -0.25) is 5.43 Å². The number of anilines is 2. The SMILES string of the molecule is CC(C)(Nc1nc(NN)nc2ccccc12)c1nccs1. The molecule has 3 rings (SSSR count). The Hall–Kier alpha value is -2.25. The van der Waals surface area contributed by atoms with Gasteiger partial charge < -0.3 is 5.32 Å². The molecule has 2 heterocycles. The van der Waals surface area contributed by atoms with Crippen LogP contribution in [0.5, 0.6) is 0 Å². The lowest BCUT2D eigenvalue weighted by atomic mass is 10.1. The molecule has 0 aliphatic carbocycles. The summed E-state index contributed by atoms with van der Waals surface area (Å²) in [6, 6.07) is 7.81. The topological polar surface area (TPSA) is 88.8 Å². The van der Waals surface area contributed by atoms with Crippen molar-refractivity contribution < 1.29 is 0 Å². The minimum atomic E-state index is -0.336. The molecule has 0 aliphatic heterocycles. The molecule has 7 heteroatoms. The number of nitrogen functional groups attached to an aromatic ring is 1. The number of nitrogens with two attached hydrogens (primary N) is 1. The summed E-state index contributed by atoms with van der Waals surface area (Å²) < 4.78 is 0. The quantitative estimate of drug-likeness (QED) is 0.507. The number of para-hydroxylation sites is 1. The van der Waals surface area contributed by atoms with Gasteiger partial charge in [0, 0.05) is 17.0 Å². The van der Waals surface area contributed by atoms with Crippen LogP contribution >= 0.6 is 11.3 Å². The maximum absolute atomic E-state index is 5.46. The van der Waals surface area contributed by atoms with Gasteiger partial charge in [-0.25, -0.2) is 15.8 Å². The first-order chi connectivity index (χ1) is 10.1. The fourth-order valence-electron chi connectivity index (χ4n) is 2.12. The molecule has 0 saturated heterocycles. The highest BCUT2D eigenvalue weighted by Crippen LogP contribution is 2.30. The van der Waals surface area contributed by atoms with E-state index in [9.17, 15) is 0 Å². The van der Waals surface area contributed by atoms with E-state index in [4.69, 9.17) is 5.84 Å². The van der Waals surface area contributed by atoms with E-state index in [-0.39, 0.29) is 5.54 Å². The van der Waals surface area contributed by atoms with Crippen molar-refractivity contribution in [2.24, 2.45) is 5.84 Å². The predicted octanol–water partition coefficient (Wildman–Crippen LogP) is 2.72. The van der Waals surface area contributed by atoms with Crippen LogP contribution in [0.3, 0.4) is 0 Å². The van der Waals surface area contributed by atoms with E-state index in [0.29, 0.717) is 5.95 Å². The van der Waals surface area contributed by atoms with Crippen LogP contribution in [0.25, 0.3) is 10.9 Å². The number of benzene rings is 1. The molecule has 0 fully saturated rings. The van der Waals surface area contributed by atoms with Gasteiger partial charge in [0.15, 0.2) is 0 Å². The van der Waals surface area contributed by atoms with E-state index in [2.05, 4.69) is 39.5 Å². The number of fused-ring (bicyclic) bond motifs is 1. The molecule has 0 amide bonds. The smallest absolute Gasteiger partial charge is 0.239 e. The van der Waals surface area contributed by atoms with Crippen molar-refractivity contribution >= 4 is 34.0 Å². The maximum atomic E-state index is 5.46. The zero-order valence-corrected chi connectivity index (χ0v) is 12.6. The van der Waals surface area contributed by atoms with Crippen molar-refractivity contribution in [3.05, 3.63) is 40.8 Å². The largest absolute Gasteiger partial charge is 0.358 e. The molecule has 0 spiro atoms. The van der Waals surface area contributed by atoms with Crippen LogP contribution in [0.1, 0.15) is 18.9 Å². The van der Waals surface area contributed by atoms with Crippen molar-refractivity contribution in [2.75, 3.05) is 10.7 Å². The summed E-state index contributed by atoms with van der Waals surface area (Å²) >= 11 is 1.61. The number of hydrogen-bond acceptors (Lipinski definition) is 7. The van der Waals surface area contributed by atoms with Crippen molar-refractivity contribution in [1.29, 1.82) is 0 Å². The summed E-state index contributed by atoms with van der Waals surface area (Å²) in [5.41, 5.74) is 3.00. The van der Waals surface area contributed by atoms with Crippen LogP contribution in [0, 0.1) is 0 Å². The second-order valence-electron chi connectivity index (χ2n) is 5.14. The summed E-state index contributed by atoms with van der Waals surface area (Å²) in [5.74, 6) is 6.57. The molecule has 6 nitrogen and oxygen atoms in total. The molecular formula is C14H16N6S. The lowest BCUT2D eigenvalue weighted by Crippen LogP contribution is -2.28. The van der Waals surface area contributed by atoms with Crippen LogP contribution in [-0.2, 0) is 5.54 Å². The summed E-state index contributed by atoms with van der Waals surface area (Å²) in [6.45, 7) is 4.14. The Kier molecular flexibility index (Phi) is 3.44. The monoisotopic (exact) mass is 300 g/mol. The number of nitrogens with zero attached hydrogens (tertiary/aromatic N) is 3. The number of hydrogen-bond donors (Lipinski definition) is 3. The van der Waals surface area contributed by atoms with E-state index in [1.807, 2.05) is 29.6 Å². The normalized spacial score (nSPS) is 11.6. The molecule has 0 saturated carbocycles. The van der Waals surface area contributed by atoms with E-state index in [1.165, 1.54) is 0 Å². The van der Waals surface area contributed by atoms with Crippen LogP contribution < -0.4 is 16.6 Å². The van der Waals surface area contributed by atoms with Gasteiger partial charge in [-0.05, 0) is 26.0 Å². The second kappa shape index (κ2) is 5.27. The molecule has 21 heavy (non-hydrogen) atoms. The molecule has 3 aromatic rings. The van der Waals surface area contributed by atoms with Crippen LogP contribution in [-0.4, -0.2) is 15.0 Å². The molecule has 0 bridgehead atoms. The second-order valence-corrected chi connectivity index (χ2v) is 6.04. The highest BCUT2D eigenvalue weighted by molar-refractivity contribution is 7.09. The Labute approximate surface area is 126 Å². The lowest BCUT2D eigenvalue weighted by molar-refractivity contribution is 0.602. The van der Waals surface area contributed by atoms with Crippen molar-refractivity contribution in [1.82, 2.24) is 15.0 Å². The Morgan fingerprint density at radius 2 is 2.00 bits per heavy atom. The van der Waals surface area contributed by atoms with E-state index >= 15 is 0 Å². The Balaban J connectivity index is 2.07. The number of rotatable bonds is 4. The van der Waals surface area contributed by atoms with Crippen molar-refractivity contribution in [3.8, 4) is 0 Å². The van der Waals surface area contributed by atoms with Crippen LogP contribution in [0.2, 0.25) is 0 Å². The molecule has 108 valence electrons. The first-order valence-corrected chi connectivity index (χ1v) is 7.40. The standard InChI is InChI=1S/C14H16N6S/c1-14(2,12-16-7-8-21-12)19-11-9-5-3-4-6-10(9)17-13(18-11)20-15/h3-8H,15H2,1-2H3,(H2,17,18,19,20). The average Bonchev–Trinajstić information content (AvgIpc) is 3.02. The molecule has 0 unspecified atom stereocenters. The number of nitrogens with one attached hydrogen (secondary N) is 2. The third-order valence-corrected chi connectivity index (χ3v) is 4.23. The fraction of sp³-hybridized carbons (Fsp3) is 0.214. The Bertz CT molecular complexity index is 753. The van der Waals surface area contributed by atoms with Crippen molar-refractivity contribution in [3.63, 3.8) is 0 Å². The van der Waals surface area contributed by atoms with Gasteiger partial charge in [-0.2, -0.15) is 4.98 Å². The fourth-order valence-corrected chi connectivity index (χ4v) is 2.84. The predicted molar refractivity (Wildman–Crippen MR) is 86.1 cm³/mol. The zero-order valence-electron chi connectivity index (χ0n) is 11.8. The number of aromatic nitrogens is 3. The van der Waals surface area contributed by atoms with E-state index < -0.39 is 0 Å². The molecule has 4 N–H and O–H groups in total. The minimum Gasteiger partial charge on any atom is -0.358 e. The average molecular weight is 300 g/mol. The van der Waals surface area contributed by atoms with Gasteiger partial charge >= 0.3 is 0 Å². The van der Waals surface area contributed by atoms with Crippen LogP contribution in [0.15, 0.2) is 35.8 Å². The summed E-state index contributed by atoms with van der Waals surface area (Å²) in [4.78, 5) is 13.2. The van der Waals surface area contributed by atoms with E-state index in [0.717, 1.165) is 21.7 Å². The van der Waals surface area contributed by atoms with Gasteiger partial charge in [-0.1, -0.05) is 12.1 Å². The third kappa shape index (κ3) is 2.65. The Morgan fingerprint density at radius 1 is 1.19 bits per heavy atom. The summed E-state index contributed by atoms with van der Waals surface area (Å²) in [7, 11) is 0. The highest BCUT2D eigenvalue weighted by Gasteiger charge is 2.24. The summed E-state index contributed by atoms with van der Waals surface area (Å²) in [6.07, 6.45) is 1.80. The van der Waals surface area contributed by atoms with Gasteiger partial charge in [0.05, 0.1) is 11.1 Å². The number of hydrazine groups is 1. The maximum Gasteiger partial charge on any atom is 0.239 e. The highest BCUT2D eigenvalue weighted by atomic mass is 32.1. The molecular weight excluding hydrogens is 284 g/mol. The molecule has 0 aliphatic rings. The van der Waals surface area contributed by atoms with Gasteiger partial charge in [0.25, 0.3) is 0 Å². The third-order valence-electron chi connectivity index (χ3n) is 3.13. The Morgan fingerprint density at radius 3 is 2.71 bits per heavy atom. The summed E-state index contributed by atoms with van der Waals surface area (Å²) in [5, 5.41) is 7.34. The first kappa shape index (κ1) is 13.7.